The number of hydrogen-bond donors (Lipinski definition) is 2. The second-order valence-electron chi connectivity index (χ2n) is 7.68. The average Bonchev–Trinajstić information content (AvgIpc) is 3.49. The number of carboxylic acids is 1. The zero-order valence-electron chi connectivity index (χ0n) is 18.2. The van der Waals surface area contributed by atoms with Crippen molar-refractivity contribution in [2.75, 3.05) is 11.5 Å². The lowest BCUT2D eigenvalue weighted by molar-refractivity contribution is -0.136. The van der Waals surface area contributed by atoms with Crippen molar-refractivity contribution in [3.05, 3.63) is 47.4 Å². The second kappa shape index (κ2) is 9.44. The van der Waals surface area contributed by atoms with Crippen LogP contribution in [0.4, 0.5) is 0 Å². The molecule has 0 saturated carbocycles. The monoisotopic (exact) mass is 540 g/mol. The maximum absolute atomic E-state index is 13.2. The molecule has 0 amide bonds. The first-order valence-corrected chi connectivity index (χ1v) is 14.3. The van der Waals surface area contributed by atoms with Crippen LogP contribution in [0.25, 0.3) is 21.3 Å². The molecule has 1 unspecified atom stereocenters. The van der Waals surface area contributed by atoms with E-state index in [0.29, 0.717) is 10.2 Å². The Morgan fingerprint density at radius 2 is 1.97 bits per heavy atom. The summed E-state index contributed by atoms with van der Waals surface area (Å²) in [6.07, 6.45) is 2.71. The zero-order chi connectivity index (χ0) is 25.4. The molecule has 13 nitrogen and oxygen atoms in total. The Morgan fingerprint density at radius 3 is 2.63 bits per heavy atom. The quantitative estimate of drug-likeness (QED) is 0.289. The Morgan fingerprint density at radius 1 is 1.20 bits per heavy atom. The standard InChI is InChI=1S/C19H20N6O7S3/c1-25-10-12(9-21-25)11-2-3-13-14(8-11)33-19(22-13)17(34(28,29)6-5-16(26)27)18-24-23-15(32-18)4-7-35(20,30)31/h2-3,8-10,17H,4-7H2,1H3,(H,26,27)(H2,20,30,31). The normalized spacial score (nSPS) is 13.3. The Bertz CT molecular complexity index is 1600. The van der Waals surface area contributed by atoms with Gasteiger partial charge in [-0.3, -0.25) is 9.48 Å². The molecule has 16 heteroatoms. The van der Waals surface area contributed by atoms with E-state index >= 15 is 0 Å². The van der Waals surface area contributed by atoms with Gasteiger partial charge >= 0.3 is 5.97 Å². The number of aryl methyl sites for hydroxylation is 2. The molecular weight excluding hydrogens is 520 g/mol. The SMILES string of the molecule is Cn1cc(-c2ccc3nc(C(c4nnc(CCS(N)(=O)=O)o4)S(=O)(=O)CCC(=O)O)sc3c2)cn1. The summed E-state index contributed by atoms with van der Waals surface area (Å²) >= 11 is 1.10. The molecular formula is C19H20N6O7S3. The molecule has 0 saturated heterocycles. The van der Waals surface area contributed by atoms with Crippen molar-refractivity contribution in [3.63, 3.8) is 0 Å². The zero-order valence-corrected chi connectivity index (χ0v) is 20.7. The van der Waals surface area contributed by atoms with Gasteiger partial charge in [-0.15, -0.1) is 21.5 Å². The molecule has 0 spiro atoms. The van der Waals surface area contributed by atoms with E-state index in [-0.39, 0.29) is 23.2 Å². The number of aliphatic carboxylic acids is 1. The number of hydrogen-bond acceptors (Lipinski definition) is 11. The van der Waals surface area contributed by atoms with Crippen LogP contribution in [0.3, 0.4) is 0 Å². The lowest BCUT2D eigenvalue weighted by Crippen LogP contribution is -2.20. The largest absolute Gasteiger partial charge is 0.481 e. The van der Waals surface area contributed by atoms with Crippen LogP contribution in [0.5, 0.6) is 0 Å². The third kappa shape index (κ3) is 5.90. The van der Waals surface area contributed by atoms with E-state index < -0.39 is 49.0 Å². The minimum Gasteiger partial charge on any atom is -0.481 e. The molecule has 0 aliphatic heterocycles. The fourth-order valence-electron chi connectivity index (χ4n) is 3.27. The Kier molecular flexibility index (Phi) is 6.72. The highest BCUT2D eigenvalue weighted by atomic mass is 32.2. The van der Waals surface area contributed by atoms with Crippen LogP contribution in [0.15, 0.2) is 35.0 Å². The van der Waals surface area contributed by atoms with E-state index in [9.17, 15) is 21.6 Å². The van der Waals surface area contributed by atoms with Crippen LogP contribution in [0.2, 0.25) is 0 Å². The van der Waals surface area contributed by atoms with E-state index in [1.807, 2.05) is 18.3 Å². The molecule has 0 fully saturated rings. The van der Waals surface area contributed by atoms with Crippen LogP contribution in [0, 0.1) is 0 Å². The minimum atomic E-state index is -4.15. The Labute approximate surface area is 203 Å². The van der Waals surface area contributed by atoms with Crippen molar-refractivity contribution in [2.24, 2.45) is 12.2 Å². The number of sulfonamides is 1. The topological polar surface area (TPSA) is 201 Å². The first-order valence-electron chi connectivity index (χ1n) is 10.1. The summed E-state index contributed by atoms with van der Waals surface area (Å²) in [5.41, 5.74) is 2.26. The van der Waals surface area contributed by atoms with Crippen molar-refractivity contribution in [1.29, 1.82) is 0 Å². The summed E-state index contributed by atoms with van der Waals surface area (Å²) in [6.45, 7) is 0. The van der Waals surface area contributed by atoms with Crippen LogP contribution in [-0.4, -0.2) is 64.4 Å². The average molecular weight is 541 g/mol. The number of thiazole rings is 1. The van der Waals surface area contributed by atoms with E-state index in [0.717, 1.165) is 22.5 Å². The van der Waals surface area contributed by atoms with Gasteiger partial charge in [-0.25, -0.2) is 27.0 Å². The maximum Gasteiger partial charge on any atom is 0.304 e. The number of nitrogens with zero attached hydrogens (tertiary/aromatic N) is 5. The molecule has 35 heavy (non-hydrogen) atoms. The molecule has 0 aliphatic rings. The number of rotatable bonds is 10. The molecule has 0 bridgehead atoms. The molecule has 1 aromatic carbocycles. The van der Waals surface area contributed by atoms with Gasteiger partial charge in [0.15, 0.2) is 15.1 Å². The molecule has 3 aromatic heterocycles. The summed E-state index contributed by atoms with van der Waals surface area (Å²) in [5.74, 6) is -2.88. The van der Waals surface area contributed by atoms with Gasteiger partial charge in [0.05, 0.1) is 34.3 Å². The van der Waals surface area contributed by atoms with Gasteiger partial charge < -0.3 is 9.52 Å². The van der Waals surface area contributed by atoms with Gasteiger partial charge in [0.2, 0.25) is 21.8 Å². The number of benzene rings is 1. The minimum absolute atomic E-state index is 0.118. The maximum atomic E-state index is 13.2. The highest BCUT2D eigenvalue weighted by Crippen LogP contribution is 2.37. The summed E-state index contributed by atoms with van der Waals surface area (Å²) < 4.78 is 56.6. The smallest absolute Gasteiger partial charge is 0.304 e. The molecule has 1 atom stereocenters. The Hall–Kier alpha value is -3.21. The molecule has 3 N–H and O–H groups in total. The summed E-state index contributed by atoms with van der Waals surface area (Å²) in [7, 11) is -6.16. The molecule has 3 heterocycles. The fraction of sp³-hybridized carbons (Fsp3) is 0.316. The van der Waals surface area contributed by atoms with Crippen molar-refractivity contribution in [3.8, 4) is 11.1 Å². The first kappa shape index (κ1) is 24.9. The van der Waals surface area contributed by atoms with E-state index in [1.165, 1.54) is 0 Å². The van der Waals surface area contributed by atoms with E-state index in [1.54, 1.807) is 24.0 Å². The van der Waals surface area contributed by atoms with Gasteiger partial charge in [0, 0.05) is 25.2 Å². The van der Waals surface area contributed by atoms with Crippen LogP contribution in [0.1, 0.15) is 28.5 Å². The lowest BCUT2D eigenvalue weighted by atomic mass is 10.1. The number of sulfone groups is 1. The van der Waals surface area contributed by atoms with Crippen molar-refractivity contribution >= 4 is 47.4 Å². The third-order valence-electron chi connectivity index (χ3n) is 4.93. The number of carbonyl (C=O) groups is 1. The molecule has 186 valence electrons. The van der Waals surface area contributed by atoms with Gasteiger partial charge in [-0.1, -0.05) is 6.07 Å². The molecule has 0 radical (unpaired) electrons. The van der Waals surface area contributed by atoms with Crippen molar-refractivity contribution in [2.45, 2.75) is 18.1 Å². The van der Waals surface area contributed by atoms with Crippen molar-refractivity contribution < 1.29 is 31.2 Å². The second-order valence-corrected chi connectivity index (χ2v) is 12.7. The van der Waals surface area contributed by atoms with Crippen LogP contribution < -0.4 is 5.14 Å². The highest BCUT2D eigenvalue weighted by molar-refractivity contribution is 7.92. The number of carboxylic acid groups (broad SMARTS) is 1. The first-order chi connectivity index (χ1) is 16.4. The highest BCUT2D eigenvalue weighted by Gasteiger charge is 2.37. The van der Waals surface area contributed by atoms with Gasteiger partial charge in [-0.2, -0.15) is 5.10 Å². The van der Waals surface area contributed by atoms with Gasteiger partial charge in [0.25, 0.3) is 0 Å². The number of fused-ring (bicyclic) bond motifs is 1. The van der Waals surface area contributed by atoms with Crippen molar-refractivity contribution in [1.82, 2.24) is 25.0 Å². The molecule has 0 aliphatic carbocycles. The number of primary sulfonamides is 1. The molecule has 4 rings (SSSR count). The molecule has 4 aromatic rings. The Balaban J connectivity index is 1.74. The van der Waals surface area contributed by atoms with Gasteiger partial charge in [0.1, 0.15) is 5.01 Å². The summed E-state index contributed by atoms with van der Waals surface area (Å²) in [5, 5.41) is 24.3. The predicted molar refractivity (Wildman–Crippen MR) is 126 cm³/mol. The summed E-state index contributed by atoms with van der Waals surface area (Å²) in [6, 6.07) is 5.42. The van der Waals surface area contributed by atoms with Crippen LogP contribution >= 0.6 is 11.3 Å². The fourth-order valence-corrected chi connectivity index (χ4v) is 6.75. The summed E-state index contributed by atoms with van der Waals surface area (Å²) in [4.78, 5) is 15.5. The lowest BCUT2D eigenvalue weighted by Gasteiger charge is -2.11. The van der Waals surface area contributed by atoms with E-state index in [4.69, 9.17) is 14.7 Å². The van der Waals surface area contributed by atoms with Crippen LogP contribution in [-0.2, 0) is 38.1 Å². The van der Waals surface area contributed by atoms with Gasteiger partial charge in [-0.05, 0) is 17.7 Å². The number of aromatic nitrogens is 5. The number of nitrogens with two attached hydrogens (primary N) is 1. The predicted octanol–water partition coefficient (Wildman–Crippen LogP) is 0.890. The van der Waals surface area contributed by atoms with E-state index in [2.05, 4.69) is 20.3 Å². The third-order valence-corrected chi connectivity index (χ3v) is 8.86.